The summed E-state index contributed by atoms with van der Waals surface area (Å²) in [6, 6.07) is 29.8. The fourth-order valence-electron chi connectivity index (χ4n) is 4.23. The van der Waals surface area contributed by atoms with E-state index in [1.165, 1.54) is 41.0 Å². The zero-order valence-electron chi connectivity index (χ0n) is 16.9. The zero-order chi connectivity index (χ0) is 21.2. The van der Waals surface area contributed by atoms with E-state index < -0.39 is 0 Å². The van der Waals surface area contributed by atoms with Crippen molar-refractivity contribution in [1.29, 1.82) is 0 Å². The van der Waals surface area contributed by atoms with Crippen LogP contribution in [0.2, 0.25) is 0 Å². The highest BCUT2D eigenvalue weighted by Gasteiger charge is 2.25. The third kappa shape index (κ3) is 4.02. The number of benzene rings is 4. The minimum atomic E-state index is -0.269. The van der Waals surface area contributed by atoms with Gasteiger partial charge in [0.1, 0.15) is 17.8 Å². The minimum absolute atomic E-state index is 0.0692. The van der Waals surface area contributed by atoms with Crippen molar-refractivity contribution in [1.82, 2.24) is 0 Å². The molecule has 1 atom stereocenters. The third-order valence-corrected chi connectivity index (χ3v) is 5.77. The Morgan fingerprint density at radius 3 is 2.06 bits per heavy atom. The summed E-state index contributed by atoms with van der Waals surface area (Å²) in [5.74, 6) is -0.525. The maximum Gasteiger partial charge on any atom is 0.123 e. The molecule has 0 amide bonds. The molecule has 0 radical (unpaired) electrons. The van der Waals surface area contributed by atoms with E-state index in [9.17, 15) is 8.78 Å². The summed E-state index contributed by atoms with van der Waals surface area (Å²) in [7, 11) is 0. The maximum atomic E-state index is 13.6. The van der Waals surface area contributed by atoms with Crippen LogP contribution >= 0.6 is 0 Å². The van der Waals surface area contributed by atoms with Crippen LogP contribution in [-0.2, 0) is 13.0 Å². The molecule has 0 spiro atoms. The van der Waals surface area contributed by atoms with Gasteiger partial charge in [-0.2, -0.15) is 0 Å². The van der Waals surface area contributed by atoms with Gasteiger partial charge >= 0.3 is 0 Å². The lowest BCUT2D eigenvalue weighted by atomic mass is 9.97. The van der Waals surface area contributed by atoms with E-state index in [1.54, 1.807) is 24.3 Å². The molecule has 0 aliphatic carbocycles. The van der Waals surface area contributed by atoms with E-state index in [2.05, 4.69) is 46.6 Å². The van der Waals surface area contributed by atoms with Crippen molar-refractivity contribution >= 4 is 11.4 Å². The minimum Gasteiger partial charge on any atom is -0.364 e. The normalized spacial score (nSPS) is 14.7. The maximum absolute atomic E-state index is 13.6. The molecule has 0 bridgehead atoms. The van der Waals surface area contributed by atoms with Crippen LogP contribution in [0.5, 0.6) is 0 Å². The van der Waals surface area contributed by atoms with Gasteiger partial charge in [0.2, 0.25) is 0 Å². The molecule has 1 unspecified atom stereocenters. The third-order valence-electron chi connectivity index (χ3n) is 5.77. The molecular formula is C27H22F2N2. The first kappa shape index (κ1) is 19.3. The first-order valence-corrected chi connectivity index (χ1v) is 10.4. The van der Waals surface area contributed by atoms with Gasteiger partial charge in [-0.3, -0.25) is 0 Å². The van der Waals surface area contributed by atoms with Gasteiger partial charge in [-0.25, -0.2) is 8.78 Å². The van der Waals surface area contributed by atoms with Gasteiger partial charge in [0.05, 0.1) is 0 Å². The molecular weight excluding hydrogens is 390 g/mol. The Labute approximate surface area is 180 Å². The summed E-state index contributed by atoms with van der Waals surface area (Å²) in [4.78, 5) is 2.21. The summed E-state index contributed by atoms with van der Waals surface area (Å²) in [6.07, 6.45) is 0.698. The number of halogens is 2. The largest absolute Gasteiger partial charge is 0.364 e. The van der Waals surface area contributed by atoms with Gasteiger partial charge in [-0.15, -0.1) is 0 Å². The molecule has 31 heavy (non-hydrogen) atoms. The number of nitrogens with one attached hydrogen (secondary N) is 1. The zero-order valence-corrected chi connectivity index (χ0v) is 16.9. The SMILES string of the molecule is Fc1ccc(CN(c2ccc(F)cc2)C2Cc3ccccc3-c3ccccc3N2)cc1. The van der Waals surface area contributed by atoms with E-state index in [4.69, 9.17) is 0 Å². The summed E-state index contributed by atoms with van der Waals surface area (Å²) in [6.45, 7) is 0.563. The van der Waals surface area contributed by atoms with Crippen molar-refractivity contribution in [2.45, 2.75) is 19.1 Å². The first-order chi connectivity index (χ1) is 15.2. The summed E-state index contributed by atoms with van der Waals surface area (Å²) in [5, 5.41) is 3.71. The molecule has 2 nitrogen and oxygen atoms in total. The monoisotopic (exact) mass is 412 g/mol. The molecule has 154 valence electrons. The molecule has 4 heteroatoms. The van der Waals surface area contributed by atoms with Crippen molar-refractivity contribution in [2.24, 2.45) is 0 Å². The van der Waals surface area contributed by atoms with Crippen LogP contribution in [-0.4, -0.2) is 6.17 Å². The Morgan fingerprint density at radius 2 is 1.32 bits per heavy atom. The van der Waals surface area contributed by atoms with Crippen LogP contribution in [0.25, 0.3) is 11.1 Å². The van der Waals surface area contributed by atoms with E-state index in [-0.39, 0.29) is 17.8 Å². The molecule has 1 N–H and O–H groups in total. The average molecular weight is 412 g/mol. The predicted molar refractivity (Wildman–Crippen MR) is 122 cm³/mol. The Bertz CT molecular complexity index is 1140. The highest BCUT2D eigenvalue weighted by molar-refractivity contribution is 5.81. The van der Waals surface area contributed by atoms with Crippen molar-refractivity contribution < 1.29 is 8.78 Å². The molecule has 0 saturated heterocycles. The topological polar surface area (TPSA) is 15.3 Å². The molecule has 0 saturated carbocycles. The Morgan fingerprint density at radius 1 is 0.710 bits per heavy atom. The van der Waals surface area contributed by atoms with Crippen molar-refractivity contribution in [2.75, 3.05) is 10.2 Å². The van der Waals surface area contributed by atoms with E-state index in [0.29, 0.717) is 6.54 Å². The lowest BCUT2D eigenvalue weighted by Gasteiger charge is -2.34. The smallest absolute Gasteiger partial charge is 0.123 e. The van der Waals surface area contributed by atoms with E-state index in [1.807, 2.05) is 12.1 Å². The highest BCUT2D eigenvalue weighted by Crippen LogP contribution is 2.36. The van der Waals surface area contributed by atoms with Gasteiger partial charge in [0, 0.05) is 29.9 Å². The molecule has 4 aromatic rings. The van der Waals surface area contributed by atoms with Crippen LogP contribution in [0, 0.1) is 11.6 Å². The molecule has 4 aromatic carbocycles. The molecule has 5 rings (SSSR count). The standard InChI is InChI=1S/C27H22F2N2/c28-21-11-9-19(10-12-21)18-31(23-15-13-22(29)14-16-23)27-17-20-5-1-2-6-24(20)25-7-3-4-8-26(25)30-27/h1-16,27,30H,17-18H2. The summed E-state index contributed by atoms with van der Waals surface area (Å²) >= 11 is 0. The first-order valence-electron chi connectivity index (χ1n) is 10.4. The Balaban J connectivity index is 1.58. The van der Waals surface area contributed by atoms with Crippen LogP contribution in [0.4, 0.5) is 20.2 Å². The fraction of sp³-hybridized carbons (Fsp3) is 0.111. The number of fused-ring (bicyclic) bond motifs is 3. The van der Waals surface area contributed by atoms with Crippen molar-refractivity contribution in [3.63, 3.8) is 0 Å². The lowest BCUT2D eigenvalue weighted by Crippen LogP contribution is -2.42. The Hall–Kier alpha value is -3.66. The van der Waals surface area contributed by atoms with Crippen LogP contribution in [0.15, 0.2) is 97.1 Å². The van der Waals surface area contributed by atoms with Crippen LogP contribution < -0.4 is 10.2 Å². The van der Waals surface area contributed by atoms with E-state index in [0.717, 1.165) is 23.4 Å². The second-order valence-corrected chi connectivity index (χ2v) is 7.80. The van der Waals surface area contributed by atoms with Gasteiger partial charge in [-0.1, -0.05) is 54.6 Å². The van der Waals surface area contributed by atoms with Gasteiger partial charge in [-0.05, 0) is 59.2 Å². The molecule has 1 aliphatic rings. The number of rotatable bonds is 4. The molecule has 1 heterocycles. The summed E-state index contributed by atoms with van der Waals surface area (Å²) < 4.78 is 27.1. The van der Waals surface area contributed by atoms with Gasteiger partial charge in [0.25, 0.3) is 0 Å². The van der Waals surface area contributed by atoms with E-state index >= 15 is 0 Å². The van der Waals surface area contributed by atoms with Crippen LogP contribution in [0.3, 0.4) is 0 Å². The second kappa shape index (κ2) is 8.23. The number of para-hydroxylation sites is 1. The quantitative estimate of drug-likeness (QED) is 0.405. The average Bonchev–Trinajstić information content (AvgIpc) is 2.96. The lowest BCUT2D eigenvalue weighted by molar-refractivity contribution is 0.618. The summed E-state index contributed by atoms with van der Waals surface area (Å²) in [5.41, 5.74) is 6.58. The molecule has 1 aliphatic heterocycles. The number of hydrogen-bond donors (Lipinski definition) is 1. The number of hydrogen-bond acceptors (Lipinski definition) is 2. The van der Waals surface area contributed by atoms with Crippen molar-refractivity contribution in [3.8, 4) is 11.1 Å². The van der Waals surface area contributed by atoms with Gasteiger partial charge in [0.15, 0.2) is 0 Å². The fourth-order valence-corrected chi connectivity index (χ4v) is 4.23. The van der Waals surface area contributed by atoms with Gasteiger partial charge < -0.3 is 10.2 Å². The van der Waals surface area contributed by atoms with Crippen molar-refractivity contribution in [3.05, 3.63) is 120 Å². The predicted octanol–water partition coefficient (Wildman–Crippen LogP) is 6.63. The molecule has 0 aromatic heterocycles. The number of nitrogens with zero attached hydrogens (tertiary/aromatic N) is 1. The Kier molecular flexibility index (Phi) is 5.13. The highest BCUT2D eigenvalue weighted by atomic mass is 19.1. The second-order valence-electron chi connectivity index (χ2n) is 7.80. The van der Waals surface area contributed by atoms with Crippen LogP contribution in [0.1, 0.15) is 11.1 Å². The number of anilines is 2. The molecule has 0 fully saturated rings.